The number of benzene rings is 2. The Kier molecular flexibility index (Phi) is 6.42. The van der Waals surface area contributed by atoms with E-state index in [0.29, 0.717) is 55.2 Å². The monoisotopic (exact) mass is 493 g/mol. The summed E-state index contributed by atoms with van der Waals surface area (Å²) < 4.78 is 33.9. The molecule has 3 aromatic rings. The van der Waals surface area contributed by atoms with Crippen LogP contribution in [0, 0.1) is 18.3 Å². The van der Waals surface area contributed by atoms with Gasteiger partial charge in [-0.3, -0.25) is 4.90 Å². The summed E-state index contributed by atoms with van der Waals surface area (Å²) in [6, 6.07) is 13.0. The van der Waals surface area contributed by atoms with Gasteiger partial charge < -0.3 is 9.63 Å². The van der Waals surface area contributed by atoms with Crippen molar-refractivity contribution in [3.8, 4) is 28.9 Å². The lowest BCUT2D eigenvalue weighted by molar-refractivity contribution is 0.178. The van der Waals surface area contributed by atoms with Crippen molar-refractivity contribution in [2.75, 3.05) is 25.4 Å². The van der Waals surface area contributed by atoms with Crippen LogP contribution >= 0.6 is 0 Å². The van der Waals surface area contributed by atoms with Gasteiger partial charge in [-0.1, -0.05) is 29.4 Å². The van der Waals surface area contributed by atoms with Crippen molar-refractivity contribution in [1.29, 1.82) is 5.26 Å². The fraction of sp³-hybridized carbons (Fsp3) is 0.400. The number of nitriles is 1. The molecule has 1 fully saturated rings. The number of aryl methyl sites for hydroxylation is 1. The van der Waals surface area contributed by atoms with Crippen molar-refractivity contribution in [1.82, 2.24) is 19.8 Å². The van der Waals surface area contributed by atoms with Crippen LogP contribution in [-0.2, 0) is 16.4 Å². The molecule has 35 heavy (non-hydrogen) atoms. The maximum absolute atomic E-state index is 12.8. The Balaban J connectivity index is 1.33. The van der Waals surface area contributed by atoms with Crippen LogP contribution in [0.2, 0.25) is 0 Å². The molecule has 2 aliphatic rings. The molecular formula is C25H27N5O4S. The molecule has 182 valence electrons. The SMILES string of the molecule is Cc1ccc(-c2nc(-c3cccc4c3CCC4NS(=O)(=O)CCN3CCC(O)C3)no2)cc1C#N. The van der Waals surface area contributed by atoms with Crippen molar-refractivity contribution in [3.63, 3.8) is 0 Å². The van der Waals surface area contributed by atoms with E-state index in [-0.39, 0.29) is 17.9 Å². The van der Waals surface area contributed by atoms with Gasteiger partial charge in [-0.2, -0.15) is 10.2 Å². The fourth-order valence-corrected chi connectivity index (χ4v) is 6.15. The first kappa shape index (κ1) is 23.6. The molecule has 2 atom stereocenters. The molecule has 2 aromatic carbocycles. The van der Waals surface area contributed by atoms with E-state index >= 15 is 0 Å². The summed E-state index contributed by atoms with van der Waals surface area (Å²) in [5.41, 5.74) is 4.86. The number of sulfonamides is 1. The Bertz CT molecular complexity index is 1400. The van der Waals surface area contributed by atoms with E-state index in [1.165, 1.54) is 0 Å². The number of nitrogens with zero attached hydrogens (tertiary/aromatic N) is 4. The zero-order chi connectivity index (χ0) is 24.6. The normalized spacial score (nSPS) is 20.1. The number of aliphatic hydroxyl groups excluding tert-OH is 1. The summed E-state index contributed by atoms with van der Waals surface area (Å²) >= 11 is 0. The summed E-state index contributed by atoms with van der Waals surface area (Å²) in [7, 11) is -3.48. The Hall–Kier alpha value is -3.10. The molecule has 0 bridgehead atoms. The largest absolute Gasteiger partial charge is 0.392 e. The Morgan fingerprint density at radius 2 is 2.14 bits per heavy atom. The van der Waals surface area contributed by atoms with Gasteiger partial charge >= 0.3 is 0 Å². The van der Waals surface area contributed by atoms with Crippen LogP contribution in [-0.4, -0.2) is 60.1 Å². The van der Waals surface area contributed by atoms with Crippen molar-refractivity contribution < 1.29 is 18.0 Å². The van der Waals surface area contributed by atoms with E-state index < -0.39 is 10.0 Å². The van der Waals surface area contributed by atoms with Gasteiger partial charge in [-0.05, 0) is 55.0 Å². The average Bonchev–Trinajstić information content (AvgIpc) is 3.58. The smallest absolute Gasteiger partial charge is 0.258 e. The van der Waals surface area contributed by atoms with E-state index in [2.05, 4.69) is 20.9 Å². The van der Waals surface area contributed by atoms with Gasteiger partial charge in [0, 0.05) is 36.8 Å². The van der Waals surface area contributed by atoms with Gasteiger partial charge in [0.15, 0.2) is 0 Å². The quantitative estimate of drug-likeness (QED) is 0.513. The number of rotatable bonds is 7. The first-order valence-corrected chi connectivity index (χ1v) is 13.4. The summed E-state index contributed by atoms with van der Waals surface area (Å²) in [6.07, 6.45) is 1.68. The number of nitrogens with one attached hydrogen (secondary N) is 1. The number of aromatic nitrogens is 2. The van der Waals surface area contributed by atoms with Crippen LogP contribution in [0.1, 0.15) is 41.1 Å². The topological polar surface area (TPSA) is 132 Å². The molecule has 2 heterocycles. The van der Waals surface area contributed by atoms with E-state index in [1.807, 2.05) is 42.2 Å². The van der Waals surface area contributed by atoms with E-state index in [1.54, 1.807) is 6.07 Å². The van der Waals surface area contributed by atoms with Gasteiger partial charge in [0.1, 0.15) is 0 Å². The molecular weight excluding hydrogens is 466 g/mol. The lowest BCUT2D eigenvalue weighted by Crippen LogP contribution is -2.35. The second kappa shape index (κ2) is 9.51. The molecule has 10 heteroatoms. The summed E-state index contributed by atoms with van der Waals surface area (Å²) in [4.78, 5) is 6.54. The van der Waals surface area contributed by atoms with Crippen LogP contribution in [0.3, 0.4) is 0 Å². The van der Waals surface area contributed by atoms with E-state index in [4.69, 9.17) is 4.52 Å². The second-order valence-electron chi connectivity index (χ2n) is 9.21. The minimum Gasteiger partial charge on any atom is -0.392 e. The highest BCUT2D eigenvalue weighted by molar-refractivity contribution is 7.89. The highest BCUT2D eigenvalue weighted by atomic mass is 32.2. The third-order valence-corrected chi connectivity index (χ3v) is 8.15. The van der Waals surface area contributed by atoms with Crippen molar-refractivity contribution in [2.24, 2.45) is 0 Å². The zero-order valence-electron chi connectivity index (χ0n) is 19.4. The highest BCUT2D eigenvalue weighted by Gasteiger charge is 2.30. The van der Waals surface area contributed by atoms with E-state index in [9.17, 15) is 18.8 Å². The number of fused-ring (bicyclic) bond motifs is 1. The van der Waals surface area contributed by atoms with Crippen LogP contribution in [0.25, 0.3) is 22.8 Å². The Labute approximate surface area is 204 Å². The summed E-state index contributed by atoms with van der Waals surface area (Å²) in [5, 5.41) is 23.1. The molecule has 0 saturated carbocycles. The molecule has 5 rings (SSSR count). The van der Waals surface area contributed by atoms with Crippen LogP contribution in [0.4, 0.5) is 0 Å². The van der Waals surface area contributed by atoms with Crippen LogP contribution in [0.15, 0.2) is 40.9 Å². The Morgan fingerprint density at radius 3 is 2.91 bits per heavy atom. The lowest BCUT2D eigenvalue weighted by atomic mass is 10.0. The maximum atomic E-state index is 12.8. The molecule has 2 unspecified atom stereocenters. The Morgan fingerprint density at radius 1 is 1.29 bits per heavy atom. The predicted molar refractivity (Wildman–Crippen MR) is 130 cm³/mol. The lowest BCUT2D eigenvalue weighted by Gasteiger charge is -2.18. The zero-order valence-corrected chi connectivity index (χ0v) is 20.3. The first-order valence-electron chi connectivity index (χ1n) is 11.7. The predicted octanol–water partition coefficient (Wildman–Crippen LogP) is 2.56. The van der Waals surface area contributed by atoms with Gasteiger partial charge in [0.2, 0.25) is 15.8 Å². The van der Waals surface area contributed by atoms with E-state index in [0.717, 1.165) is 28.8 Å². The molecule has 0 spiro atoms. The number of likely N-dealkylation sites (tertiary alicyclic amines) is 1. The van der Waals surface area contributed by atoms with Gasteiger partial charge in [-0.25, -0.2) is 13.1 Å². The number of β-amino-alcohol motifs (C(OH)–C–C–N with tert-alkyl or cyclic N) is 1. The van der Waals surface area contributed by atoms with Crippen LogP contribution < -0.4 is 4.72 Å². The van der Waals surface area contributed by atoms with Crippen molar-refractivity contribution in [2.45, 2.75) is 38.3 Å². The first-order chi connectivity index (χ1) is 16.8. The maximum Gasteiger partial charge on any atom is 0.258 e. The summed E-state index contributed by atoms with van der Waals surface area (Å²) in [5.74, 6) is 0.768. The number of aliphatic hydroxyl groups is 1. The van der Waals surface area contributed by atoms with Gasteiger partial charge in [0.05, 0.1) is 23.5 Å². The van der Waals surface area contributed by atoms with Gasteiger partial charge in [-0.15, -0.1) is 0 Å². The minimum absolute atomic E-state index is 0.000676. The van der Waals surface area contributed by atoms with Gasteiger partial charge in [0.25, 0.3) is 5.89 Å². The van der Waals surface area contributed by atoms with Crippen molar-refractivity contribution in [3.05, 3.63) is 58.7 Å². The molecule has 2 N–H and O–H groups in total. The minimum atomic E-state index is -3.48. The van der Waals surface area contributed by atoms with Crippen LogP contribution in [0.5, 0.6) is 0 Å². The number of hydrogen-bond acceptors (Lipinski definition) is 8. The molecule has 0 radical (unpaired) electrons. The third kappa shape index (κ3) is 4.99. The second-order valence-corrected chi connectivity index (χ2v) is 11.1. The van der Waals surface area contributed by atoms with Crippen molar-refractivity contribution >= 4 is 10.0 Å². The molecule has 9 nitrogen and oxygen atoms in total. The molecule has 1 aromatic heterocycles. The molecule has 1 aliphatic heterocycles. The molecule has 0 amide bonds. The molecule has 1 aliphatic carbocycles. The third-order valence-electron chi connectivity index (χ3n) is 6.79. The fourth-order valence-electron chi connectivity index (χ4n) is 4.85. The standard InChI is InChI=1S/C25H27N5O4S/c1-16-5-6-17(13-18(16)14-26)25-27-24(28-34-25)22-4-2-3-21-20(22)7-8-23(21)29-35(32,33)12-11-30-10-9-19(31)15-30/h2-6,13,19,23,29,31H,7-12,15H2,1H3. The highest BCUT2D eigenvalue weighted by Crippen LogP contribution is 2.37. The number of hydrogen-bond donors (Lipinski definition) is 2. The summed E-state index contributed by atoms with van der Waals surface area (Å²) in [6.45, 7) is 3.53. The molecule has 1 saturated heterocycles. The average molecular weight is 494 g/mol.